The highest BCUT2D eigenvalue weighted by atomic mass is 35.5. The second-order valence-electron chi connectivity index (χ2n) is 11.1. The Morgan fingerprint density at radius 1 is 1.00 bits per heavy atom. The van der Waals surface area contributed by atoms with Crippen molar-refractivity contribution in [3.8, 4) is 5.75 Å². The minimum absolute atomic E-state index is 0.0432. The van der Waals surface area contributed by atoms with Gasteiger partial charge >= 0.3 is 0 Å². The highest BCUT2D eigenvalue weighted by Crippen LogP contribution is 2.45. The van der Waals surface area contributed by atoms with Gasteiger partial charge in [0.25, 0.3) is 5.91 Å². The molecule has 4 nitrogen and oxygen atoms in total. The number of hydrogen-bond donors (Lipinski definition) is 0. The average molecular weight is 552 g/mol. The van der Waals surface area contributed by atoms with Gasteiger partial charge < -0.3 is 14.5 Å². The molecule has 2 aliphatic rings. The van der Waals surface area contributed by atoms with E-state index in [-0.39, 0.29) is 17.2 Å². The molecule has 0 unspecified atom stereocenters. The molecule has 3 aromatic rings. The van der Waals surface area contributed by atoms with E-state index in [2.05, 4.69) is 35.2 Å². The van der Waals surface area contributed by atoms with Crippen LogP contribution in [-0.2, 0) is 5.41 Å². The number of likely N-dealkylation sites (N-methyl/N-ethyl adjacent to an activating group) is 1. The Morgan fingerprint density at radius 3 is 2.42 bits per heavy atom. The van der Waals surface area contributed by atoms with Crippen LogP contribution in [-0.4, -0.2) is 55.5 Å². The average Bonchev–Trinajstić information content (AvgIpc) is 3.26. The molecule has 0 aliphatic carbocycles. The van der Waals surface area contributed by atoms with Crippen LogP contribution in [0, 0.1) is 13.8 Å². The van der Waals surface area contributed by atoms with E-state index in [0.29, 0.717) is 16.6 Å². The number of likely N-dealkylation sites (tertiary alicyclic amines) is 1. The first kappa shape index (κ1) is 27.1. The maximum atomic E-state index is 13.3. The summed E-state index contributed by atoms with van der Waals surface area (Å²) >= 11 is 12.6. The Morgan fingerprint density at radius 2 is 1.71 bits per heavy atom. The van der Waals surface area contributed by atoms with Crippen LogP contribution < -0.4 is 4.74 Å². The minimum Gasteiger partial charge on any atom is -0.492 e. The van der Waals surface area contributed by atoms with E-state index < -0.39 is 0 Å². The summed E-state index contributed by atoms with van der Waals surface area (Å²) in [6.07, 6.45) is 3.14. The molecule has 1 atom stereocenters. The number of rotatable bonds is 7. The monoisotopic (exact) mass is 550 g/mol. The van der Waals surface area contributed by atoms with Gasteiger partial charge in [0.05, 0.1) is 16.7 Å². The Labute approximate surface area is 236 Å². The highest BCUT2D eigenvalue weighted by Gasteiger charge is 2.42. The summed E-state index contributed by atoms with van der Waals surface area (Å²) in [6.45, 7) is 8.52. The van der Waals surface area contributed by atoms with Crippen molar-refractivity contribution in [2.24, 2.45) is 0 Å². The fraction of sp³-hybridized carbons (Fsp3) is 0.406. The molecule has 2 aliphatic heterocycles. The summed E-state index contributed by atoms with van der Waals surface area (Å²) in [4.78, 5) is 17.7. The second-order valence-corrected chi connectivity index (χ2v) is 11.9. The van der Waals surface area contributed by atoms with Crippen molar-refractivity contribution >= 4 is 29.1 Å². The van der Waals surface area contributed by atoms with Gasteiger partial charge in [-0.25, -0.2) is 0 Å². The number of amides is 1. The zero-order valence-electron chi connectivity index (χ0n) is 22.5. The third-order valence-electron chi connectivity index (χ3n) is 8.29. The molecule has 0 aromatic heterocycles. The quantitative estimate of drug-likeness (QED) is 0.309. The number of aryl methyl sites for hydroxylation is 2. The molecule has 0 saturated carbocycles. The number of benzene rings is 3. The number of piperidine rings is 1. The van der Waals surface area contributed by atoms with Gasteiger partial charge in [0, 0.05) is 36.1 Å². The summed E-state index contributed by atoms with van der Waals surface area (Å²) in [5, 5.41) is 1.10. The SMILES string of the molecule is Cc1cc(C)cc(C(=O)N(C)C[C@@H](CCN2CCC3(CC2)COc2ccccc23)c2ccc(Cl)c(Cl)c2)c1. The fourth-order valence-electron chi connectivity index (χ4n) is 6.14. The molecule has 0 N–H and O–H groups in total. The Kier molecular flexibility index (Phi) is 8.04. The van der Waals surface area contributed by atoms with E-state index in [1.807, 2.05) is 56.1 Å². The summed E-state index contributed by atoms with van der Waals surface area (Å²) in [6, 6.07) is 20.4. The first-order valence-corrected chi connectivity index (χ1v) is 14.2. The van der Waals surface area contributed by atoms with Crippen LogP contribution in [0.4, 0.5) is 0 Å². The molecule has 5 rings (SSSR count). The molecule has 1 saturated heterocycles. The topological polar surface area (TPSA) is 32.8 Å². The largest absolute Gasteiger partial charge is 0.492 e. The number of para-hydroxylation sites is 1. The third-order valence-corrected chi connectivity index (χ3v) is 9.03. The first-order valence-electron chi connectivity index (χ1n) is 13.5. The first-order chi connectivity index (χ1) is 18.2. The van der Waals surface area contributed by atoms with Crippen LogP contribution in [0.1, 0.15) is 57.8 Å². The maximum Gasteiger partial charge on any atom is 0.253 e. The van der Waals surface area contributed by atoms with Gasteiger partial charge in [0.15, 0.2) is 0 Å². The van der Waals surface area contributed by atoms with E-state index in [4.69, 9.17) is 27.9 Å². The lowest BCUT2D eigenvalue weighted by atomic mass is 9.74. The van der Waals surface area contributed by atoms with E-state index in [9.17, 15) is 4.79 Å². The number of nitrogens with zero attached hydrogens (tertiary/aromatic N) is 2. The smallest absolute Gasteiger partial charge is 0.253 e. The van der Waals surface area contributed by atoms with Gasteiger partial charge in [-0.2, -0.15) is 0 Å². The third kappa shape index (κ3) is 5.73. The van der Waals surface area contributed by atoms with Gasteiger partial charge in [-0.05, 0) is 88.6 Å². The number of ether oxygens (including phenoxy) is 1. The van der Waals surface area contributed by atoms with Gasteiger partial charge in [-0.3, -0.25) is 4.79 Å². The van der Waals surface area contributed by atoms with Crippen molar-refractivity contribution in [3.63, 3.8) is 0 Å². The van der Waals surface area contributed by atoms with E-state index >= 15 is 0 Å². The molecule has 0 radical (unpaired) electrons. The molecular formula is C32H36Cl2N2O2. The van der Waals surface area contributed by atoms with Crippen LogP contribution in [0.3, 0.4) is 0 Å². The van der Waals surface area contributed by atoms with Gasteiger partial charge in [-0.1, -0.05) is 64.7 Å². The standard InChI is InChI=1S/C32H36Cl2N2O2/c1-22-16-23(2)18-26(17-22)31(37)35(3)20-25(24-8-9-28(33)29(34)19-24)10-13-36-14-11-32(12-15-36)21-38-30-7-5-4-6-27(30)32/h4-9,16-19,25H,10-15,20-21H2,1-3H3/t25-/m1/s1. The van der Waals surface area contributed by atoms with Crippen molar-refractivity contribution in [2.45, 2.75) is 44.4 Å². The molecule has 2 heterocycles. The zero-order chi connectivity index (χ0) is 26.9. The lowest BCUT2D eigenvalue weighted by Gasteiger charge is -2.39. The number of carbonyl (C=O) groups excluding carboxylic acids is 1. The number of halogens is 2. The molecule has 6 heteroatoms. The maximum absolute atomic E-state index is 13.3. The van der Waals surface area contributed by atoms with E-state index in [0.717, 1.165) is 73.5 Å². The van der Waals surface area contributed by atoms with Crippen LogP contribution in [0.25, 0.3) is 0 Å². The normalized spacial score (nSPS) is 17.2. The fourth-order valence-corrected chi connectivity index (χ4v) is 6.45. The van der Waals surface area contributed by atoms with Crippen LogP contribution >= 0.6 is 23.2 Å². The van der Waals surface area contributed by atoms with Crippen LogP contribution in [0.5, 0.6) is 5.75 Å². The predicted molar refractivity (Wildman–Crippen MR) is 156 cm³/mol. The number of fused-ring (bicyclic) bond motifs is 2. The Hall–Kier alpha value is -2.53. The lowest BCUT2D eigenvalue weighted by Crippen LogP contribution is -2.44. The van der Waals surface area contributed by atoms with Crippen molar-refractivity contribution < 1.29 is 9.53 Å². The minimum atomic E-state index is 0.0432. The van der Waals surface area contributed by atoms with Crippen molar-refractivity contribution in [1.82, 2.24) is 9.80 Å². The molecular weight excluding hydrogens is 515 g/mol. The molecule has 1 spiro atoms. The zero-order valence-corrected chi connectivity index (χ0v) is 24.0. The predicted octanol–water partition coefficient (Wildman–Crippen LogP) is 7.28. The molecule has 3 aromatic carbocycles. The van der Waals surface area contributed by atoms with Gasteiger partial charge in [0.2, 0.25) is 0 Å². The highest BCUT2D eigenvalue weighted by molar-refractivity contribution is 6.42. The molecule has 1 amide bonds. The Bertz CT molecular complexity index is 1300. The van der Waals surface area contributed by atoms with Crippen molar-refractivity contribution in [1.29, 1.82) is 0 Å². The summed E-state index contributed by atoms with van der Waals surface area (Å²) < 4.78 is 6.04. The molecule has 1 fully saturated rings. The van der Waals surface area contributed by atoms with Gasteiger partial charge in [-0.15, -0.1) is 0 Å². The molecule has 200 valence electrons. The van der Waals surface area contributed by atoms with Crippen molar-refractivity contribution in [3.05, 3.63) is 98.5 Å². The molecule has 38 heavy (non-hydrogen) atoms. The molecule has 0 bridgehead atoms. The summed E-state index contributed by atoms with van der Waals surface area (Å²) in [7, 11) is 1.90. The number of hydrogen-bond acceptors (Lipinski definition) is 3. The van der Waals surface area contributed by atoms with Crippen LogP contribution in [0.15, 0.2) is 60.7 Å². The number of carbonyl (C=O) groups is 1. The van der Waals surface area contributed by atoms with Crippen LogP contribution in [0.2, 0.25) is 10.0 Å². The Balaban J connectivity index is 1.27. The van der Waals surface area contributed by atoms with Gasteiger partial charge in [0.1, 0.15) is 5.75 Å². The van der Waals surface area contributed by atoms with E-state index in [1.165, 1.54) is 5.56 Å². The summed E-state index contributed by atoms with van der Waals surface area (Å²) in [5.41, 5.74) is 5.57. The lowest BCUT2D eigenvalue weighted by molar-refractivity contribution is 0.0779. The second kappa shape index (κ2) is 11.3. The summed E-state index contributed by atoms with van der Waals surface area (Å²) in [5.74, 6) is 1.25. The van der Waals surface area contributed by atoms with Crippen molar-refractivity contribution in [2.75, 3.05) is 39.8 Å². The van der Waals surface area contributed by atoms with E-state index in [1.54, 1.807) is 0 Å².